The van der Waals surface area contributed by atoms with Gasteiger partial charge in [0.2, 0.25) is 0 Å². The molecule has 54 heavy (non-hydrogen) atoms. The third-order valence-electron chi connectivity index (χ3n) is 9.32. The third kappa shape index (κ3) is 36.9. The number of unbranched alkanes of at least 4 members (excludes halogenated alkanes) is 24. The summed E-state index contributed by atoms with van der Waals surface area (Å²) in [6.45, 7) is 4.32. The Balaban J connectivity index is 4.36. The highest BCUT2D eigenvalue weighted by Gasteiger charge is 2.28. The van der Waals surface area contributed by atoms with Crippen LogP contribution in [0.2, 0.25) is 0 Å². The van der Waals surface area contributed by atoms with Crippen LogP contribution in [0.4, 0.5) is 0 Å². The maximum absolute atomic E-state index is 12.6. The molecule has 0 fully saturated rings. The fraction of sp³-hybridized carbons (Fsp3) is 0.833. The summed E-state index contributed by atoms with van der Waals surface area (Å²) in [6.07, 6.45) is 37.0. The summed E-state index contributed by atoms with van der Waals surface area (Å²) in [5.74, 6) is -2.39. The van der Waals surface area contributed by atoms with Gasteiger partial charge in [0.1, 0.15) is 12.6 Å². The van der Waals surface area contributed by atoms with Gasteiger partial charge in [-0.15, -0.1) is 6.58 Å². The number of hydrogen-bond donors (Lipinski definition) is 3. The van der Waals surface area contributed by atoms with E-state index in [4.69, 9.17) is 24.8 Å². The van der Waals surface area contributed by atoms with Crippen molar-refractivity contribution in [2.45, 2.75) is 205 Å². The summed E-state index contributed by atoms with van der Waals surface area (Å²) in [4.78, 5) is 45.9. The van der Waals surface area contributed by atoms with Crippen molar-refractivity contribution in [3.63, 3.8) is 0 Å². The van der Waals surface area contributed by atoms with Gasteiger partial charge in [0, 0.05) is 12.8 Å². The lowest BCUT2D eigenvalue weighted by Crippen LogP contribution is -2.34. The molecule has 0 amide bonds. The molecule has 12 heteroatoms. The lowest BCUT2D eigenvalue weighted by Gasteiger charge is -2.20. The molecule has 0 saturated carbocycles. The zero-order valence-corrected chi connectivity index (χ0v) is 34.8. The second-order valence-corrected chi connectivity index (χ2v) is 16.0. The molecule has 3 atom stereocenters. The van der Waals surface area contributed by atoms with E-state index in [1.807, 2.05) is 6.08 Å². The highest BCUT2D eigenvalue weighted by atomic mass is 31.2. The van der Waals surface area contributed by atoms with Crippen molar-refractivity contribution in [1.29, 1.82) is 0 Å². The number of carboxylic acid groups (broad SMARTS) is 1. The van der Waals surface area contributed by atoms with Crippen molar-refractivity contribution < 1.29 is 47.5 Å². The number of allylic oxidation sites excluding steroid dienone is 3. The number of carboxylic acids is 1. The van der Waals surface area contributed by atoms with Crippen molar-refractivity contribution >= 4 is 25.7 Å². The van der Waals surface area contributed by atoms with Crippen LogP contribution in [0.25, 0.3) is 0 Å². The summed E-state index contributed by atoms with van der Waals surface area (Å²) in [7, 11) is -4.71. The van der Waals surface area contributed by atoms with Crippen LogP contribution in [0, 0.1) is 0 Å². The van der Waals surface area contributed by atoms with E-state index in [2.05, 4.69) is 30.2 Å². The van der Waals surface area contributed by atoms with Gasteiger partial charge in [-0.3, -0.25) is 23.4 Å². The molecule has 0 aromatic carbocycles. The predicted molar refractivity (Wildman–Crippen MR) is 217 cm³/mol. The van der Waals surface area contributed by atoms with E-state index in [-0.39, 0.29) is 19.4 Å². The van der Waals surface area contributed by atoms with E-state index in [1.165, 1.54) is 96.3 Å². The monoisotopic (exact) mass is 788 g/mol. The smallest absolute Gasteiger partial charge is 0.472 e. The molecule has 316 valence electrons. The average molecular weight is 788 g/mol. The molecular weight excluding hydrogens is 709 g/mol. The Kier molecular flexibility index (Phi) is 36.4. The maximum atomic E-state index is 12.6. The Morgan fingerprint density at radius 2 is 1.02 bits per heavy atom. The molecule has 0 saturated heterocycles. The average Bonchev–Trinajstić information content (AvgIpc) is 3.14. The number of nitrogens with two attached hydrogens (primary N) is 1. The van der Waals surface area contributed by atoms with Gasteiger partial charge in [0.15, 0.2) is 6.10 Å². The number of carbonyl (C=O) groups is 3. The van der Waals surface area contributed by atoms with Gasteiger partial charge >= 0.3 is 25.7 Å². The van der Waals surface area contributed by atoms with Gasteiger partial charge in [0.25, 0.3) is 0 Å². The van der Waals surface area contributed by atoms with E-state index < -0.39 is 51.1 Å². The van der Waals surface area contributed by atoms with Crippen LogP contribution in [0.5, 0.6) is 0 Å². The first-order valence-corrected chi connectivity index (χ1v) is 22.8. The molecule has 0 aliphatic heterocycles. The largest absolute Gasteiger partial charge is 0.480 e. The molecule has 0 heterocycles. The van der Waals surface area contributed by atoms with Crippen molar-refractivity contribution in [3.05, 3.63) is 24.8 Å². The first-order valence-electron chi connectivity index (χ1n) is 21.3. The standard InChI is InChI=1S/C42H78NO10P/c1-3-5-7-9-11-13-15-17-19-21-23-25-27-29-31-33-40(44)50-35-38(36-51-54(48,49)52-37-39(43)42(46)47)53-41(45)34-32-30-28-26-24-22-20-18-16-14-12-10-8-6-4-2/h4,17,19,38-39H,2-3,5-16,18,20-37,43H2,1H3,(H,46,47)(H,48,49)/b19-17+/t38-,39+/m1/s1. The summed E-state index contributed by atoms with van der Waals surface area (Å²) in [5, 5.41) is 8.88. The van der Waals surface area contributed by atoms with E-state index in [0.717, 1.165) is 64.2 Å². The molecular formula is C42H78NO10P. The number of rotatable bonds is 41. The SMILES string of the molecule is C=CCCCCCCCCCCCCCCCC(=O)O[C@H](COC(=O)CCCCCCC/C=C/CCCCCCCC)COP(=O)(O)OC[C@H](N)C(=O)O. The van der Waals surface area contributed by atoms with Crippen LogP contribution in [0.3, 0.4) is 0 Å². The van der Waals surface area contributed by atoms with Crippen molar-refractivity contribution in [2.24, 2.45) is 5.73 Å². The van der Waals surface area contributed by atoms with Crippen LogP contribution in [-0.2, 0) is 37.5 Å². The number of phosphoric acid groups is 1. The van der Waals surface area contributed by atoms with Crippen molar-refractivity contribution in [3.8, 4) is 0 Å². The van der Waals surface area contributed by atoms with Crippen LogP contribution < -0.4 is 5.73 Å². The highest BCUT2D eigenvalue weighted by Crippen LogP contribution is 2.43. The van der Waals surface area contributed by atoms with E-state index in [1.54, 1.807) is 0 Å². The molecule has 0 aromatic heterocycles. The van der Waals surface area contributed by atoms with Gasteiger partial charge in [-0.05, 0) is 51.4 Å². The number of hydrogen-bond acceptors (Lipinski definition) is 9. The molecule has 0 rings (SSSR count). The van der Waals surface area contributed by atoms with E-state index in [0.29, 0.717) is 12.8 Å². The fourth-order valence-corrected chi connectivity index (χ4v) is 6.70. The molecule has 11 nitrogen and oxygen atoms in total. The first kappa shape index (κ1) is 52.0. The molecule has 1 unspecified atom stereocenters. The molecule has 4 N–H and O–H groups in total. The molecule has 0 spiro atoms. The van der Waals surface area contributed by atoms with Crippen molar-refractivity contribution in [2.75, 3.05) is 19.8 Å². The van der Waals surface area contributed by atoms with Gasteiger partial charge in [-0.2, -0.15) is 0 Å². The normalized spacial score (nSPS) is 13.8. The Hall–Kier alpha value is -2.04. The Morgan fingerprint density at radius 1 is 0.611 bits per heavy atom. The van der Waals surface area contributed by atoms with Crippen LogP contribution in [0.1, 0.15) is 193 Å². The number of esters is 2. The van der Waals surface area contributed by atoms with Crippen LogP contribution in [0.15, 0.2) is 24.8 Å². The van der Waals surface area contributed by atoms with Gasteiger partial charge in [-0.1, -0.05) is 147 Å². The lowest BCUT2D eigenvalue weighted by atomic mass is 10.0. The molecule has 0 bridgehead atoms. The lowest BCUT2D eigenvalue weighted by molar-refractivity contribution is -0.161. The second-order valence-electron chi connectivity index (χ2n) is 14.6. The fourth-order valence-electron chi connectivity index (χ4n) is 5.92. The molecule has 0 aliphatic carbocycles. The summed E-state index contributed by atoms with van der Waals surface area (Å²) >= 11 is 0. The number of phosphoric ester groups is 1. The molecule has 0 aliphatic rings. The van der Waals surface area contributed by atoms with Gasteiger partial charge < -0.3 is 25.2 Å². The second kappa shape index (κ2) is 37.9. The highest BCUT2D eigenvalue weighted by molar-refractivity contribution is 7.47. The van der Waals surface area contributed by atoms with E-state index >= 15 is 0 Å². The van der Waals surface area contributed by atoms with Crippen molar-refractivity contribution in [1.82, 2.24) is 0 Å². The summed E-state index contributed by atoms with van der Waals surface area (Å²) in [5.41, 5.74) is 5.33. The van der Waals surface area contributed by atoms with Gasteiger partial charge in [-0.25, -0.2) is 4.57 Å². The minimum Gasteiger partial charge on any atom is -0.480 e. The predicted octanol–water partition coefficient (Wildman–Crippen LogP) is 11.1. The zero-order chi connectivity index (χ0) is 40.0. The maximum Gasteiger partial charge on any atom is 0.472 e. The Bertz CT molecular complexity index is 1010. The number of carbonyl (C=O) groups excluding carboxylic acids is 2. The zero-order valence-electron chi connectivity index (χ0n) is 33.9. The van der Waals surface area contributed by atoms with Crippen LogP contribution >= 0.6 is 7.82 Å². The minimum absolute atomic E-state index is 0.160. The molecule has 0 aromatic rings. The first-order chi connectivity index (χ1) is 26.1. The topological polar surface area (TPSA) is 172 Å². The summed E-state index contributed by atoms with van der Waals surface area (Å²) in [6, 6.07) is -1.52. The number of aliphatic carboxylic acids is 1. The Morgan fingerprint density at radius 3 is 1.48 bits per heavy atom. The molecule has 0 radical (unpaired) electrons. The quantitative estimate of drug-likeness (QED) is 0.0233. The minimum atomic E-state index is -4.71. The van der Waals surface area contributed by atoms with Gasteiger partial charge in [0.05, 0.1) is 13.2 Å². The Labute approximate surface area is 328 Å². The number of ether oxygens (including phenoxy) is 2. The third-order valence-corrected chi connectivity index (χ3v) is 10.3. The van der Waals surface area contributed by atoms with Crippen LogP contribution in [-0.4, -0.2) is 59.9 Å². The summed E-state index contributed by atoms with van der Waals surface area (Å²) < 4.78 is 32.7. The van der Waals surface area contributed by atoms with E-state index in [9.17, 15) is 23.8 Å².